The molecule has 2 aromatic carbocycles. The Kier molecular flexibility index (Phi) is 6.28. The molecule has 5 nitrogen and oxygen atoms in total. The van der Waals surface area contributed by atoms with Crippen LogP contribution >= 0.6 is 0 Å². The fourth-order valence-electron chi connectivity index (χ4n) is 2.87. The summed E-state index contributed by atoms with van der Waals surface area (Å²) in [6.45, 7) is 0.724. The van der Waals surface area contributed by atoms with Crippen molar-refractivity contribution >= 4 is 0 Å². The molecule has 0 fully saturated rings. The van der Waals surface area contributed by atoms with Gasteiger partial charge in [-0.3, -0.25) is 0 Å². The SMILES string of the molecule is COc1cc([C@@](O)(CCN(C)C)c2ccccc2)cc(OC)c1OC. The van der Waals surface area contributed by atoms with E-state index in [-0.39, 0.29) is 0 Å². The van der Waals surface area contributed by atoms with Crippen molar-refractivity contribution < 1.29 is 19.3 Å². The molecule has 0 saturated carbocycles. The van der Waals surface area contributed by atoms with Crippen molar-refractivity contribution in [1.82, 2.24) is 4.90 Å². The average molecular weight is 345 g/mol. The second-order valence-corrected chi connectivity index (χ2v) is 6.19. The predicted octanol–water partition coefficient (Wildman–Crippen LogP) is 2.90. The molecule has 1 atom stereocenters. The van der Waals surface area contributed by atoms with E-state index in [1.165, 1.54) is 0 Å². The molecule has 0 radical (unpaired) electrons. The van der Waals surface area contributed by atoms with E-state index in [1.54, 1.807) is 21.3 Å². The number of ether oxygens (including phenoxy) is 3. The molecule has 5 heteroatoms. The number of aliphatic hydroxyl groups is 1. The maximum absolute atomic E-state index is 11.6. The second-order valence-electron chi connectivity index (χ2n) is 6.19. The van der Waals surface area contributed by atoms with E-state index in [0.717, 1.165) is 12.1 Å². The molecule has 1 N–H and O–H groups in total. The lowest BCUT2D eigenvalue weighted by atomic mass is 9.83. The van der Waals surface area contributed by atoms with Crippen LogP contribution in [0.15, 0.2) is 42.5 Å². The molecule has 0 unspecified atom stereocenters. The number of nitrogens with zero attached hydrogens (tertiary/aromatic N) is 1. The van der Waals surface area contributed by atoms with E-state index in [2.05, 4.69) is 0 Å². The highest BCUT2D eigenvalue weighted by molar-refractivity contribution is 5.56. The van der Waals surface area contributed by atoms with Crippen LogP contribution < -0.4 is 14.2 Å². The van der Waals surface area contributed by atoms with Crippen LogP contribution in [-0.4, -0.2) is 52.0 Å². The fraction of sp³-hybridized carbons (Fsp3) is 0.400. The van der Waals surface area contributed by atoms with E-state index >= 15 is 0 Å². The summed E-state index contributed by atoms with van der Waals surface area (Å²) < 4.78 is 16.3. The van der Waals surface area contributed by atoms with Gasteiger partial charge in [0.05, 0.1) is 21.3 Å². The molecule has 0 aliphatic heterocycles. The minimum atomic E-state index is -1.17. The Balaban J connectivity index is 2.61. The average Bonchev–Trinajstić information content (AvgIpc) is 2.65. The van der Waals surface area contributed by atoms with Crippen molar-refractivity contribution in [3.63, 3.8) is 0 Å². The van der Waals surface area contributed by atoms with E-state index in [4.69, 9.17) is 14.2 Å². The van der Waals surface area contributed by atoms with Gasteiger partial charge in [0.15, 0.2) is 11.5 Å². The highest BCUT2D eigenvalue weighted by atomic mass is 16.5. The summed E-state index contributed by atoms with van der Waals surface area (Å²) in [7, 11) is 8.68. The lowest BCUT2D eigenvalue weighted by molar-refractivity contribution is 0.0623. The molecule has 0 aromatic heterocycles. The third kappa shape index (κ3) is 4.06. The summed E-state index contributed by atoms with van der Waals surface area (Å²) in [5, 5.41) is 11.6. The molecule has 0 aliphatic rings. The molecule has 2 aromatic rings. The van der Waals surface area contributed by atoms with Crippen LogP contribution in [0.3, 0.4) is 0 Å². The van der Waals surface area contributed by atoms with Gasteiger partial charge >= 0.3 is 0 Å². The molecule has 0 amide bonds. The van der Waals surface area contributed by atoms with Crippen LogP contribution in [0.1, 0.15) is 17.5 Å². The van der Waals surface area contributed by atoms with Gasteiger partial charge < -0.3 is 24.2 Å². The molecule has 0 heterocycles. The van der Waals surface area contributed by atoms with Crippen LogP contribution in [-0.2, 0) is 5.60 Å². The van der Waals surface area contributed by atoms with Crippen molar-refractivity contribution in [2.75, 3.05) is 42.0 Å². The molecular formula is C20H27NO4. The number of benzene rings is 2. The Labute approximate surface area is 149 Å². The van der Waals surface area contributed by atoms with Gasteiger partial charge in [-0.2, -0.15) is 0 Å². The van der Waals surface area contributed by atoms with Crippen molar-refractivity contribution in [3.8, 4) is 17.2 Å². The maximum Gasteiger partial charge on any atom is 0.203 e. The number of rotatable bonds is 8. The van der Waals surface area contributed by atoms with Crippen LogP contribution in [0.5, 0.6) is 17.2 Å². The summed E-state index contributed by atoms with van der Waals surface area (Å²) in [6.07, 6.45) is 0.530. The Bertz CT molecular complexity index is 662. The molecular weight excluding hydrogens is 318 g/mol. The van der Waals surface area contributed by atoms with Crippen molar-refractivity contribution in [2.24, 2.45) is 0 Å². The number of hydrogen-bond acceptors (Lipinski definition) is 5. The Morgan fingerprint density at radius 1 is 0.880 bits per heavy atom. The van der Waals surface area contributed by atoms with Gasteiger partial charge in [-0.15, -0.1) is 0 Å². The first-order valence-corrected chi connectivity index (χ1v) is 8.19. The van der Waals surface area contributed by atoms with E-state index in [9.17, 15) is 5.11 Å². The first-order valence-electron chi connectivity index (χ1n) is 8.19. The topological polar surface area (TPSA) is 51.2 Å². The molecule has 2 rings (SSSR count). The summed E-state index contributed by atoms with van der Waals surface area (Å²) >= 11 is 0. The summed E-state index contributed by atoms with van der Waals surface area (Å²) in [5.74, 6) is 1.56. The highest BCUT2D eigenvalue weighted by Crippen LogP contribution is 2.43. The summed E-state index contributed by atoms with van der Waals surface area (Å²) in [5.41, 5.74) is 0.361. The van der Waals surface area contributed by atoms with Crippen molar-refractivity contribution in [2.45, 2.75) is 12.0 Å². The van der Waals surface area contributed by atoms with Gasteiger partial charge in [-0.25, -0.2) is 0 Å². The summed E-state index contributed by atoms with van der Waals surface area (Å²) in [6, 6.07) is 13.3. The quantitative estimate of drug-likeness (QED) is 0.797. The van der Waals surface area contributed by atoms with E-state index in [0.29, 0.717) is 29.2 Å². The third-order valence-electron chi connectivity index (χ3n) is 4.31. The van der Waals surface area contributed by atoms with Gasteiger partial charge in [0.1, 0.15) is 5.60 Å². The fourth-order valence-corrected chi connectivity index (χ4v) is 2.87. The normalized spacial score (nSPS) is 13.4. The molecule has 0 bridgehead atoms. The van der Waals surface area contributed by atoms with Gasteiger partial charge in [0.25, 0.3) is 0 Å². The van der Waals surface area contributed by atoms with Crippen molar-refractivity contribution in [3.05, 3.63) is 53.6 Å². The van der Waals surface area contributed by atoms with Gasteiger partial charge in [-0.05, 0) is 43.8 Å². The lowest BCUT2D eigenvalue weighted by Gasteiger charge is -2.31. The van der Waals surface area contributed by atoms with Gasteiger partial charge in [0, 0.05) is 6.54 Å². The molecule has 25 heavy (non-hydrogen) atoms. The summed E-state index contributed by atoms with van der Waals surface area (Å²) in [4.78, 5) is 2.05. The van der Waals surface area contributed by atoms with Crippen LogP contribution in [0.2, 0.25) is 0 Å². The standard InChI is InChI=1S/C20H27NO4/c1-21(2)12-11-20(22,15-9-7-6-8-10-15)16-13-17(23-3)19(25-5)18(14-16)24-4/h6-10,13-14,22H,11-12H2,1-5H3/t20-/m1/s1. The maximum atomic E-state index is 11.6. The Morgan fingerprint density at radius 2 is 1.44 bits per heavy atom. The molecule has 136 valence electrons. The van der Waals surface area contributed by atoms with Crippen LogP contribution in [0.4, 0.5) is 0 Å². The second kappa shape index (κ2) is 8.23. The van der Waals surface area contributed by atoms with Gasteiger partial charge in [0.2, 0.25) is 5.75 Å². The van der Waals surface area contributed by atoms with Crippen LogP contribution in [0, 0.1) is 0 Å². The number of hydrogen-bond donors (Lipinski definition) is 1. The Hall–Kier alpha value is -2.24. The smallest absolute Gasteiger partial charge is 0.203 e. The minimum absolute atomic E-state index is 0.511. The third-order valence-corrected chi connectivity index (χ3v) is 4.31. The predicted molar refractivity (Wildman–Crippen MR) is 98.7 cm³/mol. The zero-order valence-corrected chi connectivity index (χ0v) is 15.6. The Morgan fingerprint density at radius 3 is 1.88 bits per heavy atom. The molecule has 0 aliphatic carbocycles. The number of methoxy groups -OCH3 is 3. The van der Waals surface area contributed by atoms with E-state index < -0.39 is 5.60 Å². The largest absolute Gasteiger partial charge is 0.493 e. The zero-order chi connectivity index (χ0) is 18.4. The zero-order valence-electron chi connectivity index (χ0n) is 15.6. The van der Waals surface area contributed by atoms with Crippen LogP contribution in [0.25, 0.3) is 0 Å². The minimum Gasteiger partial charge on any atom is -0.493 e. The first-order chi connectivity index (χ1) is 12.0. The van der Waals surface area contributed by atoms with Gasteiger partial charge in [-0.1, -0.05) is 30.3 Å². The lowest BCUT2D eigenvalue weighted by Crippen LogP contribution is -2.32. The van der Waals surface area contributed by atoms with E-state index in [1.807, 2.05) is 61.5 Å². The highest BCUT2D eigenvalue weighted by Gasteiger charge is 2.33. The molecule has 0 spiro atoms. The monoisotopic (exact) mass is 345 g/mol. The molecule has 0 saturated heterocycles. The van der Waals surface area contributed by atoms with Crippen molar-refractivity contribution in [1.29, 1.82) is 0 Å². The first kappa shape index (κ1) is 19.1.